The molecule has 1 unspecified atom stereocenters. The Morgan fingerprint density at radius 2 is 1.50 bits per heavy atom. The molecule has 0 spiro atoms. The van der Waals surface area contributed by atoms with Crippen molar-refractivity contribution in [3.05, 3.63) is 130 Å². The van der Waals surface area contributed by atoms with E-state index in [4.69, 9.17) is 19.3 Å². The van der Waals surface area contributed by atoms with Crippen LogP contribution < -0.4 is 10.6 Å². The Morgan fingerprint density at radius 3 is 2.02 bits per heavy atom. The number of carboxylic acids is 1. The van der Waals surface area contributed by atoms with E-state index in [-0.39, 0.29) is 35.0 Å². The lowest BCUT2D eigenvalue weighted by Crippen LogP contribution is -2.71. The average molecular weight is 798 g/mol. The maximum absolute atomic E-state index is 14.0. The second-order valence-electron chi connectivity index (χ2n) is 13.7. The summed E-state index contributed by atoms with van der Waals surface area (Å²) in [5, 5.41) is 21.5. The van der Waals surface area contributed by atoms with Gasteiger partial charge in [-0.15, -0.1) is 23.1 Å². The van der Waals surface area contributed by atoms with Crippen LogP contribution in [-0.2, 0) is 43.8 Å². The Morgan fingerprint density at radius 1 is 0.929 bits per heavy atom. The highest BCUT2D eigenvalue weighted by atomic mass is 32.2. The van der Waals surface area contributed by atoms with Crippen molar-refractivity contribution in [1.82, 2.24) is 15.2 Å². The van der Waals surface area contributed by atoms with Crippen molar-refractivity contribution in [2.24, 2.45) is 5.16 Å². The summed E-state index contributed by atoms with van der Waals surface area (Å²) in [5.74, 6) is -4.07. The number of fused-ring (bicyclic) bond motifs is 1. The molecule has 2 aliphatic rings. The van der Waals surface area contributed by atoms with Crippen molar-refractivity contribution in [1.29, 1.82) is 0 Å². The zero-order chi connectivity index (χ0) is 40.0. The number of rotatable bonds is 14. The third-order valence-electron chi connectivity index (χ3n) is 8.62. The summed E-state index contributed by atoms with van der Waals surface area (Å²) >= 11 is 2.41. The number of hydrogen-bond donors (Lipinski definition) is 3. The number of thioether (sulfide) groups is 1. The zero-order valence-electron chi connectivity index (χ0n) is 30.9. The first-order valence-electron chi connectivity index (χ1n) is 17.4. The standard InChI is InChI=1S/C40H39N5O9S2/c1-24(46)52-20-25-22-55-36-32(35(49)45(36)33(25)37(50)51)42-34(48)31(44-53-21-30(47)54-39(2,3)4)29-23-56-38(41-29)43-40(26-14-8-5-9-15-26,27-16-10-6-11-17-27)28-18-12-7-13-19-28/h5-19,23,32,36H,20-22H2,1-4H3,(H,41,43)(H,42,48)(H,50,51)/t32?,36-/m1/s1. The number of anilines is 1. The molecule has 6 rings (SSSR count). The van der Waals surface area contributed by atoms with Crippen LogP contribution in [0.4, 0.5) is 5.13 Å². The zero-order valence-corrected chi connectivity index (χ0v) is 32.5. The topological polar surface area (TPSA) is 186 Å². The molecule has 290 valence electrons. The number of β-lactam (4-membered cyclic amide) rings is 1. The van der Waals surface area contributed by atoms with Gasteiger partial charge in [-0.05, 0) is 37.5 Å². The van der Waals surface area contributed by atoms with Crippen molar-refractivity contribution < 1.29 is 43.4 Å². The number of esters is 2. The van der Waals surface area contributed by atoms with E-state index >= 15 is 0 Å². The van der Waals surface area contributed by atoms with Crippen LogP contribution in [0.25, 0.3) is 0 Å². The van der Waals surface area contributed by atoms with Gasteiger partial charge < -0.3 is 30.1 Å². The van der Waals surface area contributed by atoms with E-state index in [2.05, 4.69) is 15.8 Å². The number of nitrogens with one attached hydrogen (secondary N) is 2. The number of nitrogens with zero attached hydrogens (tertiary/aromatic N) is 3. The maximum Gasteiger partial charge on any atom is 0.352 e. The number of aliphatic carboxylic acids is 1. The van der Waals surface area contributed by atoms with E-state index in [1.807, 2.05) is 91.0 Å². The smallest absolute Gasteiger partial charge is 0.352 e. The Bertz CT molecular complexity index is 2070. The Balaban J connectivity index is 1.32. The molecule has 1 aromatic heterocycles. The molecule has 1 saturated heterocycles. The fourth-order valence-corrected chi connectivity index (χ4v) is 8.38. The van der Waals surface area contributed by atoms with Gasteiger partial charge in [0.2, 0.25) is 6.61 Å². The highest BCUT2D eigenvalue weighted by molar-refractivity contribution is 8.00. The van der Waals surface area contributed by atoms with Crippen molar-refractivity contribution in [3.63, 3.8) is 0 Å². The molecule has 56 heavy (non-hydrogen) atoms. The number of thiazole rings is 1. The van der Waals surface area contributed by atoms with Gasteiger partial charge >= 0.3 is 17.9 Å². The molecule has 0 radical (unpaired) electrons. The van der Waals surface area contributed by atoms with Crippen molar-refractivity contribution in [2.45, 2.75) is 50.3 Å². The Labute approximate surface area is 330 Å². The van der Waals surface area contributed by atoms with Crippen LogP contribution in [0.3, 0.4) is 0 Å². The molecule has 0 aliphatic carbocycles. The predicted molar refractivity (Wildman–Crippen MR) is 210 cm³/mol. The lowest BCUT2D eigenvalue weighted by atomic mass is 9.77. The van der Waals surface area contributed by atoms with Crippen LogP contribution in [0.2, 0.25) is 0 Å². The number of carbonyl (C=O) groups is 5. The summed E-state index contributed by atoms with van der Waals surface area (Å²) in [6, 6.07) is 28.4. The summed E-state index contributed by atoms with van der Waals surface area (Å²) in [4.78, 5) is 74.7. The highest BCUT2D eigenvalue weighted by Gasteiger charge is 2.54. The maximum atomic E-state index is 14.0. The first kappa shape index (κ1) is 39.7. The SMILES string of the molecule is CC(=O)OCC1=C(C(=O)O)N2C(=O)C(NC(=O)C(=NOCC(=O)OC(C)(C)C)c3csc(NC(c4ccccc4)(c4ccccc4)c4ccccc4)n3)[C@H]2SC1. The van der Waals surface area contributed by atoms with Gasteiger partial charge in [0.15, 0.2) is 10.8 Å². The van der Waals surface area contributed by atoms with Crippen molar-refractivity contribution in [3.8, 4) is 0 Å². The number of hydrogen-bond acceptors (Lipinski definition) is 13. The summed E-state index contributed by atoms with van der Waals surface area (Å²) in [7, 11) is 0. The molecule has 0 bridgehead atoms. The number of aromatic nitrogens is 1. The predicted octanol–water partition coefficient (Wildman–Crippen LogP) is 4.91. The molecule has 2 amide bonds. The third kappa shape index (κ3) is 8.61. The molecular formula is C40H39N5O9S2. The van der Waals surface area contributed by atoms with Gasteiger partial charge in [0.25, 0.3) is 11.8 Å². The number of carbonyl (C=O) groups excluding carboxylic acids is 4. The normalized spacial score (nSPS) is 17.0. The number of ether oxygens (including phenoxy) is 2. The molecule has 16 heteroatoms. The monoisotopic (exact) mass is 797 g/mol. The van der Waals surface area contributed by atoms with Crippen LogP contribution in [-0.4, -0.2) is 86.4 Å². The molecule has 2 aliphatic heterocycles. The molecule has 3 heterocycles. The first-order chi connectivity index (χ1) is 26.8. The Hall–Kier alpha value is -6.00. The summed E-state index contributed by atoms with van der Waals surface area (Å²) in [6.45, 7) is 5.39. The van der Waals surface area contributed by atoms with E-state index in [1.165, 1.54) is 30.0 Å². The van der Waals surface area contributed by atoms with Gasteiger partial charge in [0.05, 0.1) is 0 Å². The summed E-state index contributed by atoms with van der Waals surface area (Å²) in [5.41, 5.74) is 0.740. The molecule has 3 N–H and O–H groups in total. The van der Waals surface area contributed by atoms with E-state index in [0.717, 1.165) is 21.6 Å². The van der Waals surface area contributed by atoms with Gasteiger partial charge in [-0.1, -0.05) is 96.2 Å². The van der Waals surface area contributed by atoms with Gasteiger partial charge in [-0.2, -0.15) is 0 Å². The lowest BCUT2D eigenvalue weighted by Gasteiger charge is -2.49. The van der Waals surface area contributed by atoms with E-state index < -0.39 is 58.9 Å². The van der Waals surface area contributed by atoms with Crippen molar-refractivity contribution >= 4 is 63.7 Å². The second-order valence-corrected chi connectivity index (χ2v) is 15.7. The van der Waals surface area contributed by atoms with E-state index in [0.29, 0.717) is 5.13 Å². The highest BCUT2D eigenvalue weighted by Crippen LogP contribution is 2.42. The molecular weight excluding hydrogens is 759 g/mol. The van der Waals surface area contributed by atoms with Crippen LogP contribution in [0.15, 0.2) is 113 Å². The van der Waals surface area contributed by atoms with Gasteiger partial charge in [-0.25, -0.2) is 14.6 Å². The fraction of sp³-hybridized carbons (Fsp3) is 0.275. The van der Waals surface area contributed by atoms with Gasteiger partial charge in [-0.3, -0.25) is 19.3 Å². The number of carboxylic acid groups (broad SMARTS) is 1. The van der Waals surface area contributed by atoms with E-state index in [9.17, 15) is 29.1 Å². The molecule has 0 saturated carbocycles. The Kier molecular flexibility index (Phi) is 11.9. The molecule has 2 atom stereocenters. The number of amides is 2. The number of benzene rings is 3. The van der Waals surface area contributed by atoms with Crippen molar-refractivity contribution in [2.75, 3.05) is 24.3 Å². The first-order valence-corrected chi connectivity index (χ1v) is 19.4. The molecule has 3 aromatic carbocycles. The minimum atomic E-state index is -1.37. The van der Waals surface area contributed by atoms with Crippen LogP contribution in [0, 0.1) is 0 Å². The quantitative estimate of drug-likeness (QED) is 0.0516. The summed E-state index contributed by atoms with van der Waals surface area (Å²) in [6.07, 6.45) is 0. The third-order valence-corrected chi connectivity index (χ3v) is 10.7. The second kappa shape index (κ2) is 16.8. The largest absolute Gasteiger partial charge is 0.477 e. The van der Waals surface area contributed by atoms with Gasteiger partial charge in [0, 0.05) is 23.6 Å². The minimum absolute atomic E-state index is 0.0805. The average Bonchev–Trinajstić information content (AvgIpc) is 3.64. The molecule has 14 nitrogen and oxygen atoms in total. The lowest BCUT2D eigenvalue weighted by molar-refractivity contribution is -0.160. The van der Waals surface area contributed by atoms with E-state index in [1.54, 1.807) is 26.2 Å². The van der Waals surface area contributed by atoms with Crippen LogP contribution >= 0.6 is 23.1 Å². The van der Waals surface area contributed by atoms with Crippen LogP contribution in [0.1, 0.15) is 50.1 Å². The molecule has 4 aromatic rings. The van der Waals surface area contributed by atoms with Gasteiger partial charge in [0.1, 0.15) is 40.6 Å². The number of oxime groups is 1. The minimum Gasteiger partial charge on any atom is -0.477 e. The molecule has 1 fully saturated rings. The fourth-order valence-electron chi connectivity index (χ4n) is 6.30. The summed E-state index contributed by atoms with van der Waals surface area (Å²) < 4.78 is 10.3. The van der Waals surface area contributed by atoms with Crippen LogP contribution in [0.5, 0.6) is 0 Å².